The summed E-state index contributed by atoms with van der Waals surface area (Å²) in [6.45, 7) is 8.64. The maximum absolute atomic E-state index is 9.76. The van der Waals surface area contributed by atoms with E-state index >= 15 is 0 Å². The predicted molar refractivity (Wildman–Crippen MR) is 50.8 cm³/mol. The quantitative estimate of drug-likeness (QED) is 0.630. The van der Waals surface area contributed by atoms with Crippen LogP contribution in [-0.2, 0) is 0 Å². The average molecular weight is 171 g/mol. The van der Waals surface area contributed by atoms with Crippen molar-refractivity contribution in [2.75, 3.05) is 0 Å². The molecule has 2 atom stereocenters. The third-order valence-corrected chi connectivity index (χ3v) is 2.90. The second-order valence-electron chi connectivity index (χ2n) is 4.92. The molecule has 0 aromatic carbocycles. The molecule has 2 heteroatoms. The molecular weight excluding hydrogens is 150 g/mol. The molecule has 2 nitrogen and oxygen atoms in total. The van der Waals surface area contributed by atoms with E-state index in [0.29, 0.717) is 11.8 Å². The van der Waals surface area contributed by atoms with E-state index in [9.17, 15) is 5.11 Å². The van der Waals surface area contributed by atoms with Crippen LogP contribution in [0.4, 0.5) is 0 Å². The zero-order chi connectivity index (χ0) is 9.35. The molecule has 12 heavy (non-hydrogen) atoms. The van der Waals surface area contributed by atoms with Crippen LogP contribution in [0.25, 0.3) is 0 Å². The molecule has 1 aliphatic heterocycles. The summed E-state index contributed by atoms with van der Waals surface area (Å²) in [6, 6.07) is 0. The van der Waals surface area contributed by atoms with Gasteiger partial charge in [0.2, 0.25) is 0 Å². The number of hydrogen-bond acceptors (Lipinski definition) is 2. The Kier molecular flexibility index (Phi) is 2.79. The molecular formula is C10H21NO. The lowest BCUT2D eigenvalue weighted by molar-refractivity contribution is -0.0105. The molecule has 0 aliphatic carbocycles. The van der Waals surface area contributed by atoms with E-state index in [0.717, 1.165) is 12.8 Å². The molecule has 0 saturated carbocycles. The number of aliphatic hydroxyl groups is 1. The van der Waals surface area contributed by atoms with Gasteiger partial charge in [0.05, 0.1) is 0 Å². The minimum absolute atomic E-state index is 0.116. The van der Waals surface area contributed by atoms with Gasteiger partial charge in [0.25, 0.3) is 0 Å². The molecule has 1 unspecified atom stereocenters. The largest absolute Gasteiger partial charge is 0.378 e. The second kappa shape index (κ2) is 3.35. The van der Waals surface area contributed by atoms with Crippen molar-refractivity contribution in [2.45, 2.75) is 52.3 Å². The highest BCUT2D eigenvalue weighted by molar-refractivity contribution is 4.88. The van der Waals surface area contributed by atoms with Crippen LogP contribution < -0.4 is 5.32 Å². The summed E-state index contributed by atoms with van der Waals surface area (Å²) in [5.41, 5.74) is 0.116. The van der Waals surface area contributed by atoms with E-state index in [4.69, 9.17) is 0 Å². The van der Waals surface area contributed by atoms with Gasteiger partial charge in [0.1, 0.15) is 6.23 Å². The van der Waals surface area contributed by atoms with Crippen LogP contribution in [0.2, 0.25) is 0 Å². The normalized spacial score (nSPS) is 35.5. The SMILES string of the molecule is CC(C)[C@@H]1CCC(C)(C)NC1O. The molecule has 1 rings (SSSR count). The van der Waals surface area contributed by atoms with Gasteiger partial charge in [-0.15, -0.1) is 0 Å². The number of hydrogen-bond donors (Lipinski definition) is 2. The highest BCUT2D eigenvalue weighted by atomic mass is 16.3. The lowest BCUT2D eigenvalue weighted by Crippen LogP contribution is -2.54. The van der Waals surface area contributed by atoms with Gasteiger partial charge in [0, 0.05) is 11.5 Å². The Morgan fingerprint density at radius 2 is 2.00 bits per heavy atom. The second-order valence-corrected chi connectivity index (χ2v) is 4.92. The Labute approximate surface area is 75.4 Å². The summed E-state index contributed by atoms with van der Waals surface area (Å²) in [5.74, 6) is 1.00. The Morgan fingerprint density at radius 1 is 1.42 bits per heavy atom. The van der Waals surface area contributed by atoms with Crippen LogP contribution in [0.1, 0.15) is 40.5 Å². The first kappa shape index (κ1) is 10.0. The van der Waals surface area contributed by atoms with Gasteiger partial charge < -0.3 is 5.11 Å². The number of aliphatic hydroxyl groups excluding tert-OH is 1. The van der Waals surface area contributed by atoms with Crippen molar-refractivity contribution in [2.24, 2.45) is 11.8 Å². The fourth-order valence-corrected chi connectivity index (χ4v) is 1.96. The van der Waals surface area contributed by atoms with E-state index in [1.807, 2.05) is 0 Å². The van der Waals surface area contributed by atoms with Crippen molar-refractivity contribution in [3.05, 3.63) is 0 Å². The Morgan fingerprint density at radius 3 is 2.42 bits per heavy atom. The Hall–Kier alpha value is -0.0800. The summed E-state index contributed by atoms with van der Waals surface area (Å²) in [4.78, 5) is 0. The number of piperidine rings is 1. The highest BCUT2D eigenvalue weighted by Gasteiger charge is 2.33. The molecule has 0 bridgehead atoms. The van der Waals surface area contributed by atoms with E-state index in [1.54, 1.807) is 0 Å². The maximum Gasteiger partial charge on any atom is 0.108 e. The van der Waals surface area contributed by atoms with E-state index < -0.39 is 0 Å². The van der Waals surface area contributed by atoms with Gasteiger partial charge in [-0.25, -0.2) is 0 Å². The molecule has 1 fully saturated rings. The molecule has 0 spiro atoms. The van der Waals surface area contributed by atoms with Crippen molar-refractivity contribution in [3.8, 4) is 0 Å². The van der Waals surface area contributed by atoms with Gasteiger partial charge in [-0.05, 0) is 32.6 Å². The van der Waals surface area contributed by atoms with Gasteiger partial charge in [-0.2, -0.15) is 0 Å². The standard InChI is InChI=1S/C10H21NO/c1-7(2)8-5-6-10(3,4)11-9(8)12/h7-9,11-12H,5-6H2,1-4H3/t8-,9?/m0/s1. The Balaban J connectivity index is 2.54. The molecule has 1 heterocycles. The van der Waals surface area contributed by atoms with Crippen molar-refractivity contribution >= 4 is 0 Å². The predicted octanol–water partition coefficient (Wildman–Crippen LogP) is 1.74. The fraction of sp³-hybridized carbons (Fsp3) is 1.00. The van der Waals surface area contributed by atoms with Gasteiger partial charge in [-0.1, -0.05) is 13.8 Å². The monoisotopic (exact) mass is 171 g/mol. The maximum atomic E-state index is 9.76. The highest BCUT2D eigenvalue weighted by Crippen LogP contribution is 2.29. The Bertz CT molecular complexity index is 154. The van der Waals surface area contributed by atoms with Crippen molar-refractivity contribution in [3.63, 3.8) is 0 Å². The molecule has 0 aromatic heterocycles. The molecule has 0 aromatic rings. The summed E-state index contributed by atoms with van der Waals surface area (Å²) in [6.07, 6.45) is 1.99. The van der Waals surface area contributed by atoms with E-state index in [1.165, 1.54) is 0 Å². The lowest BCUT2D eigenvalue weighted by atomic mass is 9.80. The first-order chi connectivity index (χ1) is 5.42. The van der Waals surface area contributed by atoms with Gasteiger partial charge >= 0.3 is 0 Å². The van der Waals surface area contributed by atoms with Crippen LogP contribution in [-0.4, -0.2) is 16.9 Å². The van der Waals surface area contributed by atoms with Crippen LogP contribution in [0.3, 0.4) is 0 Å². The average Bonchev–Trinajstić information content (AvgIpc) is 1.83. The fourth-order valence-electron chi connectivity index (χ4n) is 1.96. The zero-order valence-electron chi connectivity index (χ0n) is 8.59. The molecule has 72 valence electrons. The van der Waals surface area contributed by atoms with Crippen molar-refractivity contribution in [1.29, 1.82) is 0 Å². The number of rotatable bonds is 1. The first-order valence-corrected chi connectivity index (χ1v) is 4.88. The summed E-state index contributed by atoms with van der Waals surface area (Å²) < 4.78 is 0. The van der Waals surface area contributed by atoms with Crippen LogP contribution in [0, 0.1) is 11.8 Å². The third kappa shape index (κ3) is 2.20. The summed E-state index contributed by atoms with van der Waals surface area (Å²) in [7, 11) is 0. The molecule has 0 amide bonds. The van der Waals surface area contributed by atoms with Crippen LogP contribution >= 0.6 is 0 Å². The third-order valence-electron chi connectivity index (χ3n) is 2.90. The first-order valence-electron chi connectivity index (χ1n) is 4.88. The summed E-state index contributed by atoms with van der Waals surface area (Å²) in [5, 5.41) is 13.0. The topological polar surface area (TPSA) is 32.3 Å². The van der Waals surface area contributed by atoms with E-state index in [2.05, 4.69) is 33.0 Å². The number of nitrogens with one attached hydrogen (secondary N) is 1. The van der Waals surface area contributed by atoms with Crippen molar-refractivity contribution in [1.82, 2.24) is 5.32 Å². The molecule has 0 radical (unpaired) electrons. The van der Waals surface area contributed by atoms with E-state index in [-0.39, 0.29) is 11.8 Å². The van der Waals surface area contributed by atoms with Crippen LogP contribution in [0.5, 0.6) is 0 Å². The zero-order valence-corrected chi connectivity index (χ0v) is 8.59. The summed E-state index contributed by atoms with van der Waals surface area (Å²) >= 11 is 0. The lowest BCUT2D eigenvalue weighted by Gasteiger charge is -2.41. The smallest absolute Gasteiger partial charge is 0.108 e. The van der Waals surface area contributed by atoms with Crippen molar-refractivity contribution < 1.29 is 5.11 Å². The molecule has 1 saturated heterocycles. The minimum atomic E-state index is -0.311. The van der Waals surface area contributed by atoms with Crippen LogP contribution in [0.15, 0.2) is 0 Å². The molecule has 2 N–H and O–H groups in total. The minimum Gasteiger partial charge on any atom is -0.378 e. The molecule has 1 aliphatic rings. The van der Waals surface area contributed by atoms with Gasteiger partial charge in [0.15, 0.2) is 0 Å². The van der Waals surface area contributed by atoms with Gasteiger partial charge in [-0.3, -0.25) is 5.32 Å².